The van der Waals surface area contributed by atoms with Crippen LogP contribution in [0.3, 0.4) is 0 Å². The molecule has 0 radical (unpaired) electrons. The van der Waals surface area contributed by atoms with E-state index in [1.54, 1.807) is 38.1 Å². The number of primary amides is 1. The smallest absolute Gasteiger partial charge is 0.243 e. The molecule has 0 fully saturated rings. The predicted octanol–water partition coefficient (Wildman–Crippen LogP) is 0.232. The van der Waals surface area contributed by atoms with Gasteiger partial charge >= 0.3 is 0 Å². The zero-order chi connectivity index (χ0) is 18.3. The number of carbonyl (C=O) groups excluding carboxylic acids is 3. The second-order valence-electron chi connectivity index (χ2n) is 5.90. The van der Waals surface area contributed by atoms with Crippen molar-refractivity contribution in [3.8, 4) is 6.07 Å². The fraction of sp³-hybridized carbons (Fsp3) is 0.412. The lowest BCUT2D eigenvalue weighted by atomic mass is 10.0. The van der Waals surface area contributed by atoms with Crippen molar-refractivity contribution in [2.45, 2.75) is 39.3 Å². The molecular weight excluding hydrogens is 308 g/mol. The minimum Gasteiger partial charge on any atom is -0.368 e. The fourth-order valence-electron chi connectivity index (χ4n) is 2.24. The molecule has 1 aromatic carbocycles. The molecule has 7 nitrogen and oxygen atoms in total. The van der Waals surface area contributed by atoms with E-state index in [1.165, 1.54) is 6.92 Å². The molecule has 0 aromatic heterocycles. The fourth-order valence-corrected chi connectivity index (χ4v) is 2.24. The van der Waals surface area contributed by atoms with E-state index < -0.39 is 23.9 Å². The Balaban J connectivity index is 2.88. The van der Waals surface area contributed by atoms with Gasteiger partial charge in [-0.3, -0.25) is 14.4 Å². The second-order valence-corrected chi connectivity index (χ2v) is 5.90. The zero-order valence-electron chi connectivity index (χ0n) is 14.0. The molecule has 128 valence electrons. The van der Waals surface area contributed by atoms with Crippen LogP contribution in [-0.2, 0) is 20.8 Å². The number of nitrogens with two attached hydrogens (primary N) is 1. The third kappa shape index (κ3) is 5.72. The largest absolute Gasteiger partial charge is 0.368 e. The van der Waals surface area contributed by atoms with Gasteiger partial charge in [0.25, 0.3) is 0 Å². The monoisotopic (exact) mass is 330 g/mol. The Bertz CT molecular complexity index is 664. The standard InChI is InChI=1S/C17H22N4O3/c1-10(2)15(20-11(3)22)17(24)21-14(16(19)23)8-12-5-4-6-13(7-12)9-18/h4-7,10,14-15H,8H2,1-3H3,(H2,19,23)(H,20,22)(H,21,24)/t14-,15-/m1/s1. The Morgan fingerprint density at radius 3 is 2.42 bits per heavy atom. The van der Waals surface area contributed by atoms with Gasteiger partial charge < -0.3 is 16.4 Å². The molecule has 1 rings (SSSR count). The highest BCUT2D eigenvalue weighted by atomic mass is 16.2. The van der Waals surface area contributed by atoms with E-state index >= 15 is 0 Å². The molecule has 0 spiro atoms. The molecule has 1 aromatic rings. The quantitative estimate of drug-likeness (QED) is 0.661. The average Bonchev–Trinajstić information content (AvgIpc) is 2.51. The molecule has 0 aliphatic carbocycles. The van der Waals surface area contributed by atoms with Crippen molar-refractivity contribution in [3.05, 3.63) is 35.4 Å². The predicted molar refractivity (Wildman–Crippen MR) is 88.4 cm³/mol. The third-order valence-corrected chi connectivity index (χ3v) is 3.46. The van der Waals surface area contributed by atoms with Crippen molar-refractivity contribution in [2.24, 2.45) is 11.7 Å². The highest BCUT2D eigenvalue weighted by Gasteiger charge is 2.27. The molecule has 0 saturated carbocycles. The van der Waals surface area contributed by atoms with E-state index in [1.807, 2.05) is 6.07 Å². The number of hydrogen-bond donors (Lipinski definition) is 3. The summed E-state index contributed by atoms with van der Waals surface area (Å²) in [4.78, 5) is 35.3. The Labute approximate surface area is 141 Å². The van der Waals surface area contributed by atoms with Gasteiger partial charge in [-0.05, 0) is 23.6 Å². The van der Waals surface area contributed by atoms with Crippen molar-refractivity contribution < 1.29 is 14.4 Å². The number of benzene rings is 1. The summed E-state index contributed by atoms with van der Waals surface area (Å²) in [5, 5.41) is 14.1. The number of nitrogens with zero attached hydrogens (tertiary/aromatic N) is 1. The van der Waals surface area contributed by atoms with Crippen LogP contribution in [-0.4, -0.2) is 29.8 Å². The molecule has 0 unspecified atom stereocenters. The van der Waals surface area contributed by atoms with Crippen LogP contribution >= 0.6 is 0 Å². The van der Waals surface area contributed by atoms with Crippen molar-refractivity contribution >= 4 is 17.7 Å². The molecule has 0 aliphatic heterocycles. The molecule has 0 saturated heterocycles. The molecule has 24 heavy (non-hydrogen) atoms. The van der Waals surface area contributed by atoms with Crippen LogP contribution in [0.5, 0.6) is 0 Å². The molecule has 0 heterocycles. The molecule has 2 atom stereocenters. The summed E-state index contributed by atoms with van der Waals surface area (Å²) in [6.45, 7) is 4.90. The van der Waals surface area contributed by atoms with Crippen LogP contribution in [0.2, 0.25) is 0 Å². The van der Waals surface area contributed by atoms with Crippen LogP contribution in [0.15, 0.2) is 24.3 Å². The van der Waals surface area contributed by atoms with Crippen LogP contribution in [0.4, 0.5) is 0 Å². The van der Waals surface area contributed by atoms with Crippen LogP contribution < -0.4 is 16.4 Å². The maximum atomic E-state index is 12.4. The number of hydrogen-bond acceptors (Lipinski definition) is 4. The third-order valence-electron chi connectivity index (χ3n) is 3.46. The first kappa shape index (κ1) is 19.2. The van der Waals surface area contributed by atoms with Gasteiger partial charge in [0.1, 0.15) is 12.1 Å². The Kier molecular flexibility index (Phi) is 6.93. The van der Waals surface area contributed by atoms with E-state index in [0.29, 0.717) is 11.1 Å². The van der Waals surface area contributed by atoms with Crippen LogP contribution in [0.1, 0.15) is 31.9 Å². The summed E-state index contributed by atoms with van der Waals surface area (Å²) in [6.07, 6.45) is 0.168. The molecular formula is C17H22N4O3. The summed E-state index contributed by atoms with van der Waals surface area (Å²) in [6, 6.07) is 7.05. The number of amides is 3. The van der Waals surface area contributed by atoms with Gasteiger partial charge in [-0.2, -0.15) is 5.26 Å². The lowest BCUT2D eigenvalue weighted by Crippen LogP contribution is -2.55. The second kappa shape index (κ2) is 8.67. The molecule has 0 bridgehead atoms. The van der Waals surface area contributed by atoms with Crippen LogP contribution in [0, 0.1) is 17.2 Å². The highest BCUT2D eigenvalue weighted by Crippen LogP contribution is 2.08. The van der Waals surface area contributed by atoms with Gasteiger partial charge in [-0.15, -0.1) is 0 Å². The van der Waals surface area contributed by atoms with Crippen molar-refractivity contribution in [1.82, 2.24) is 10.6 Å². The number of nitriles is 1. The van der Waals surface area contributed by atoms with Gasteiger partial charge in [-0.25, -0.2) is 0 Å². The number of nitrogens with one attached hydrogen (secondary N) is 2. The van der Waals surface area contributed by atoms with Crippen molar-refractivity contribution in [2.75, 3.05) is 0 Å². The minimum absolute atomic E-state index is 0.149. The SMILES string of the molecule is CC(=O)N[C@@H](C(=O)N[C@H](Cc1cccc(C#N)c1)C(N)=O)C(C)C. The average molecular weight is 330 g/mol. The first-order chi connectivity index (χ1) is 11.2. The highest BCUT2D eigenvalue weighted by molar-refractivity contribution is 5.91. The Morgan fingerprint density at radius 1 is 1.25 bits per heavy atom. The summed E-state index contributed by atoms with van der Waals surface area (Å²) in [5.74, 6) is -1.64. The van der Waals surface area contributed by atoms with E-state index in [4.69, 9.17) is 11.0 Å². The van der Waals surface area contributed by atoms with Gasteiger partial charge in [0.2, 0.25) is 17.7 Å². The number of rotatable bonds is 7. The van der Waals surface area contributed by atoms with E-state index in [2.05, 4.69) is 10.6 Å². The maximum Gasteiger partial charge on any atom is 0.243 e. The van der Waals surface area contributed by atoms with E-state index in [0.717, 1.165) is 0 Å². The molecule has 7 heteroatoms. The number of carbonyl (C=O) groups is 3. The summed E-state index contributed by atoms with van der Waals surface area (Å²) < 4.78 is 0. The summed E-state index contributed by atoms with van der Waals surface area (Å²) >= 11 is 0. The topological polar surface area (TPSA) is 125 Å². The summed E-state index contributed by atoms with van der Waals surface area (Å²) in [5.41, 5.74) is 6.54. The van der Waals surface area contributed by atoms with Crippen molar-refractivity contribution in [1.29, 1.82) is 5.26 Å². The van der Waals surface area contributed by atoms with Gasteiger partial charge in [0.05, 0.1) is 11.6 Å². The van der Waals surface area contributed by atoms with Gasteiger partial charge in [0, 0.05) is 13.3 Å². The Hall–Kier alpha value is -2.88. The lowest BCUT2D eigenvalue weighted by Gasteiger charge is -2.24. The Morgan fingerprint density at radius 2 is 1.92 bits per heavy atom. The molecule has 4 N–H and O–H groups in total. The van der Waals surface area contributed by atoms with Gasteiger partial charge in [-0.1, -0.05) is 26.0 Å². The van der Waals surface area contributed by atoms with Gasteiger partial charge in [0.15, 0.2) is 0 Å². The van der Waals surface area contributed by atoms with E-state index in [-0.39, 0.29) is 18.2 Å². The first-order valence-corrected chi connectivity index (χ1v) is 7.60. The first-order valence-electron chi connectivity index (χ1n) is 7.60. The van der Waals surface area contributed by atoms with Crippen molar-refractivity contribution in [3.63, 3.8) is 0 Å². The normalized spacial score (nSPS) is 12.8. The maximum absolute atomic E-state index is 12.4. The zero-order valence-corrected chi connectivity index (χ0v) is 14.0. The van der Waals surface area contributed by atoms with Crippen LogP contribution in [0.25, 0.3) is 0 Å². The molecule has 3 amide bonds. The minimum atomic E-state index is -0.929. The lowest BCUT2D eigenvalue weighted by molar-refractivity contribution is -0.131. The molecule has 0 aliphatic rings. The van der Waals surface area contributed by atoms with E-state index in [9.17, 15) is 14.4 Å². The summed E-state index contributed by atoms with van der Waals surface area (Å²) in [7, 11) is 0.